The first-order valence-corrected chi connectivity index (χ1v) is 12.0. The molecule has 0 amide bonds. The summed E-state index contributed by atoms with van der Waals surface area (Å²) in [4.78, 5) is 16.4. The first-order valence-electron chi connectivity index (χ1n) is 10.4. The van der Waals surface area contributed by atoms with E-state index in [0.717, 1.165) is 12.8 Å². The molecule has 0 bridgehead atoms. The molecule has 0 aliphatic carbocycles. The Kier molecular flexibility index (Phi) is 10.0. The highest BCUT2D eigenvalue weighted by molar-refractivity contribution is 7.87. The van der Waals surface area contributed by atoms with Crippen molar-refractivity contribution in [1.29, 1.82) is 0 Å². The molecule has 2 N–H and O–H groups in total. The van der Waals surface area contributed by atoms with Gasteiger partial charge in [-0.05, 0) is 42.7 Å². The lowest BCUT2D eigenvalue weighted by atomic mass is 10.1. The lowest BCUT2D eigenvalue weighted by Gasteiger charge is -2.13. The molecule has 2 aromatic rings. The summed E-state index contributed by atoms with van der Waals surface area (Å²) >= 11 is 0. The molecule has 2 aromatic carbocycles. The Balaban J connectivity index is 2.24. The molecule has 0 aliphatic heterocycles. The second-order valence-electron chi connectivity index (χ2n) is 7.04. The Morgan fingerprint density at radius 2 is 1.81 bits per heavy atom. The van der Waals surface area contributed by atoms with Crippen LogP contribution in [0.1, 0.15) is 44.2 Å². The van der Waals surface area contributed by atoms with E-state index in [1.165, 1.54) is 6.26 Å². The summed E-state index contributed by atoms with van der Waals surface area (Å²) in [6.45, 7) is 4.32. The molecule has 32 heavy (non-hydrogen) atoms. The molecule has 9 heteroatoms. The van der Waals surface area contributed by atoms with Crippen LogP contribution in [0.3, 0.4) is 0 Å². The normalized spacial score (nSPS) is 11.8. The van der Waals surface area contributed by atoms with Crippen molar-refractivity contribution >= 4 is 21.8 Å². The zero-order valence-electron chi connectivity index (χ0n) is 18.2. The fraction of sp³-hybridized carbons (Fsp3) is 0.348. The van der Waals surface area contributed by atoms with Gasteiger partial charge in [0.25, 0.3) is 0 Å². The van der Waals surface area contributed by atoms with E-state index in [4.69, 9.17) is 18.9 Å². The van der Waals surface area contributed by atoms with E-state index in [1.807, 2.05) is 13.8 Å². The monoisotopic (exact) mass is 463 g/mol. The number of carboxylic acid groups (broad SMARTS) is 1. The van der Waals surface area contributed by atoms with Crippen molar-refractivity contribution in [2.75, 3.05) is 12.4 Å². The number of rotatable bonds is 14. The maximum absolute atomic E-state index is 12.1. The number of ether oxygens (including phenoxy) is 1. The number of nitrogens with one attached hydrogen (secondary N) is 1. The number of hydrogen-bond donors (Lipinski definition) is 2. The van der Waals surface area contributed by atoms with Crippen molar-refractivity contribution in [3.8, 4) is 11.5 Å². The predicted molar refractivity (Wildman–Crippen MR) is 122 cm³/mol. The molecule has 2 rings (SSSR count). The number of carboxylic acids is 1. The average molecular weight is 464 g/mol. The number of aliphatic carboxylic acids is 1. The highest BCUT2D eigenvalue weighted by Gasteiger charge is 2.13. The molecule has 174 valence electrons. The third-order valence-electron chi connectivity index (χ3n) is 4.17. The van der Waals surface area contributed by atoms with Crippen LogP contribution in [0, 0.1) is 0 Å². The number of hydroxylamine groups is 1. The molecular weight excluding hydrogens is 434 g/mol. The van der Waals surface area contributed by atoms with Gasteiger partial charge in [0.05, 0.1) is 18.8 Å². The molecule has 0 radical (unpaired) electrons. The lowest BCUT2D eigenvalue weighted by molar-refractivity contribution is -0.136. The molecule has 0 atom stereocenters. The third kappa shape index (κ3) is 8.99. The van der Waals surface area contributed by atoms with E-state index in [0.29, 0.717) is 35.6 Å². The molecule has 0 saturated heterocycles. The minimum absolute atomic E-state index is 0.0515. The summed E-state index contributed by atoms with van der Waals surface area (Å²) in [6, 6.07) is 13.3. The van der Waals surface area contributed by atoms with Crippen LogP contribution in [-0.2, 0) is 26.2 Å². The van der Waals surface area contributed by atoms with Crippen LogP contribution >= 0.6 is 0 Å². The smallest absolute Gasteiger partial charge is 0.309 e. The van der Waals surface area contributed by atoms with Gasteiger partial charge in [-0.1, -0.05) is 44.5 Å². The van der Waals surface area contributed by atoms with Gasteiger partial charge in [-0.15, -0.1) is 0 Å². The van der Waals surface area contributed by atoms with Crippen LogP contribution < -0.4 is 14.4 Å². The lowest BCUT2D eigenvalue weighted by Crippen LogP contribution is -2.16. The molecule has 8 nitrogen and oxygen atoms in total. The zero-order valence-corrected chi connectivity index (χ0v) is 19.1. The van der Waals surface area contributed by atoms with E-state index in [2.05, 4.69) is 5.48 Å². The predicted octanol–water partition coefficient (Wildman–Crippen LogP) is 4.13. The van der Waals surface area contributed by atoms with Crippen molar-refractivity contribution in [2.45, 2.75) is 39.5 Å². The number of hydrogen-bond acceptors (Lipinski definition) is 7. The van der Waals surface area contributed by atoms with Gasteiger partial charge in [-0.25, -0.2) is 0 Å². The highest BCUT2D eigenvalue weighted by Crippen LogP contribution is 2.22. The largest absolute Gasteiger partial charge is 0.481 e. The van der Waals surface area contributed by atoms with Crippen molar-refractivity contribution in [1.82, 2.24) is 5.48 Å². The average Bonchev–Trinajstić information content (AvgIpc) is 2.74. The molecule has 0 aromatic heterocycles. The Labute approximate surface area is 188 Å². The van der Waals surface area contributed by atoms with Crippen molar-refractivity contribution in [3.63, 3.8) is 0 Å². The van der Waals surface area contributed by atoms with Crippen LogP contribution in [0.2, 0.25) is 0 Å². The zero-order chi connectivity index (χ0) is 23.4. The van der Waals surface area contributed by atoms with Crippen molar-refractivity contribution in [3.05, 3.63) is 65.9 Å². The maximum Gasteiger partial charge on any atom is 0.309 e. The topological polar surface area (TPSA) is 111 Å². The number of benzene rings is 2. The molecule has 0 fully saturated rings. The van der Waals surface area contributed by atoms with E-state index < -0.39 is 16.1 Å². The second-order valence-corrected chi connectivity index (χ2v) is 8.73. The van der Waals surface area contributed by atoms with Gasteiger partial charge in [-0.3, -0.25) is 15.1 Å². The fourth-order valence-electron chi connectivity index (χ4n) is 2.64. The summed E-state index contributed by atoms with van der Waals surface area (Å²) in [6.07, 6.45) is 3.36. The molecule has 0 aliphatic rings. The first-order chi connectivity index (χ1) is 15.3. The van der Waals surface area contributed by atoms with Crippen LogP contribution in [0.5, 0.6) is 11.5 Å². The molecule has 0 saturated carbocycles. The van der Waals surface area contributed by atoms with Crippen molar-refractivity contribution < 1.29 is 32.1 Å². The Hall–Kier alpha value is -3.04. The molecule has 0 heterocycles. The minimum Gasteiger partial charge on any atom is -0.481 e. The van der Waals surface area contributed by atoms with E-state index in [1.54, 1.807) is 48.5 Å². The van der Waals surface area contributed by atoms with E-state index >= 15 is 0 Å². The summed E-state index contributed by atoms with van der Waals surface area (Å²) in [7, 11) is -3.68. The van der Waals surface area contributed by atoms with Crippen molar-refractivity contribution in [2.24, 2.45) is 0 Å². The van der Waals surface area contributed by atoms with Gasteiger partial charge in [0.2, 0.25) is 0 Å². The molecule has 0 spiro atoms. The second kappa shape index (κ2) is 12.7. The first kappa shape index (κ1) is 25.2. The number of unbranched alkanes of at least 4 members (excludes halogenated alkanes) is 1. The Bertz CT molecular complexity index is 1020. The minimum atomic E-state index is -3.68. The number of carbonyl (C=O) groups is 1. The van der Waals surface area contributed by atoms with Gasteiger partial charge in [0.1, 0.15) is 23.5 Å². The van der Waals surface area contributed by atoms with Gasteiger partial charge < -0.3 is 14.0 Å². The van der Waals surface area contributed by atoms with Gasteiger partial charge in [0, 0.05) is 5.56 Å². The van der Waals surface area contributed by atoms with E-state index in [9.17, 15) is 13.2 Å². The maximum atomic E-state index is 12.1. The molecular formula is C23H29NO7S. The Morgan fingerprint density at radius 1 is 1.06 bits per heavy atom. The van der Waals surface area contributed by atoms with Crippen LogP contribution in [0.4, 0.5) is 0 Å². The highest BCUT2D eigenvalue weighted by atomic mass is 32.2. The van der Waals surface area contributed by atoms with E-state index in [-0.39, 0.29) is 17.9 Å². The quantitative estimate of drug-likeness (QED) is 0.186. The fourth-order valence-corrected chi connectivity index (χ4v) is 3.76. The SMILES string of the molecule is CCCCS(=O)(=O)Oc1cccc(C(=COc2cccc(CC(=O)O)c2)NOCCC)c1. The third-order valence-corrected chi connectivity index (χ3v) is 5.41. The van der Waals surface area contributed by atoms with Gasteiger partial charge >= 0.3 is 16.1 Å². The summed E-state index contributed by atoms with van der Waals surface area (Å²) in [5.74, 6) is -0.346. The summed E-state index contributed by atoms with van der Waals surface area (Å²) < 4.78 is 35.2. The van der Waals surface area contributed by atoms with Crippen LogP contribution in [-0.4, -0.2) is 31.9 Å². The summed E-state index contributed by atoms with van der Waals surface area (Å²) in [5.41, 5.74) is 4.45. The van der Waals surface area contributed by atoms with Gasteiger partial charge in [-0.2, -0.15) is 8.42 Å². The van der Waals surface area contributed by atoms with Crippen LogP contribution in [0.25, 0.3) is 5.70 Å². The van der Waals surface area contributed by atoms with Gasteiger partial charge in [0.15, 0.2) is 0 Å². The molecule has 0 unspecified atom stereocenters. The summed E-state index contributed by atoms with van der Waals surface area (Å²) in [5, 5.41) is 8.97. The standard InChI is InChI=1S/C23H29NO7S/c1-3-5-13-32(27,28)31-21-11-7-9-19(16-21)22(24-30-12-4-2)17-29-20-10-6-8-18(14-20)15-23(25)26/h6-11,14,16-17,24H,3-5,12-13,15H2,1-2H3,(H,25,26). The Morgan fingerprint density at radius 3 is 2.53 bits per heavy atom. The van der Waals surface area contributed by atoms with Crippen LogP contribution in [0.15, 0.2) is 54.8 Å².